The van der Waals surface area contributed by atoms with E-state index in [1.54, 1.807) is 27.7 Å². The average molecular weight is 390 g/mol. The van der Waals surface area contributed by atoms with Crippen molar-refractivity contribution < 1.29 is 4.79 Å². The lowest BCUT2D eigenvalue weighted by Crippen LogP contribution is -2.29. The Morgan fingerprint density at radius 2 is 2.04 bits per heavy atom. The van der Waals surface area contributed by atoms with E-state index in [1.807, 2.05) is 19.1 Å². The van der Waals surface area contributed by atoms with Crippen molar-refractivity contribution in [1.29, 1.82) is 0 Å². The van der Waals surface area contributed by atoms with Crippen LogP contribution in [-0.2, 0) is 0 Å². The Morgan fingerprint density at radius 1 is 1.22 bits per heavy atom. The fourth-order valence-electron chi connectivity index (χ4n) is 3.01. The summed E-state index contributed by atoms with van der Waals surface area (Å²) < 4.78 is 3.39. The molecule has 0 radical (unpaired) electrons. The van der Waals surface area contributed by atoms with E-state index in [-0.39, 0.29) is 24.4 Å². The molecule has 1 amide bonds. The first-order chi connectivity index (χ1) is 12.7. The number of aryl methyl sites for hydroxylation is 1. The molecule has 0 aliphatic carbocycles. The molecule has 1 aromatic carbocycles. The molecule has 0 unspecified atom stereocenters. The summed E-state index contributed by atoms with van der Waals surface area (Å²) in [7, 11) is 0. The first kappa shape index (κ1) is 18.9. The van der Waals surface area contributed by atoms with Crippen molar-refractivity contribution in [1.82, 2.24) is 40.5 Å². The SMILES string of the molecule is Cc1nnnn1-c1cccc(NC(=O)c2cn(C3CCNCC3)nn2)c1.Cl. The lowest BCUT2D eigenvalue weighted by Gasteiger charge is -2.22. The molecule has 2 aromatic heterocycles. The number of benzene rings is 1. The zero-order chi connectivity index (χ0) is 17.9. The average Bonchev–Trinajstić information content (AvgIpc) is 3.32. The molecule has 0 saturated carbocycles. The topological polar surface area (TPSA) is 115 Å². The maximum absolute atomic E-state index is 12.5. The highest BCUT2D eigenvalue weighted by atomic mass is 35.5. The third kappa shape index (κ3) is 4.12. The van der Waals surface area contributed by atoms with Crippen LogP contribution in [0.5, 0.6) is 0 Å². The van der Waals surface area contributed by atoms with E-state index in [4.69, 9.17) is 0 Å². The Bertz CT molecular complexity index is 916. The molecule has 0 bridgehead atoms. The number of carbonyl (C=O) groups excluding carboxylic acids is 1. The number of amides is 1. The van der Waals surface area contributed by atoms with E-state index in [2.05, 4.69) is 36.5 Å². The van der Waals surface area contributed by atoms with Gasteiger partial charge in [0.15, 0.2) is 11.5 Å². The number of nitrogens with zero attached hydrogens (tertiary/aromatic N) is 7. The molecule has 0 spiro atoms. The molecule has 4 rings (SSSR count). The molecule has 10 nitrogen and oxygen atoms in total. The molecular formula is C16H20ClN9O. The van der Waals surface area contributed by atoms with Crippen molar-refractivity contribution in [3.8, 4) is 5.69 Å². The second kappa shape index (κ2) is 8.23. The zero-order valence-electron chi connectivity index (χ0n) is 14.7. The summed E-state index contributed by atoms with van der Waals surface area (Å²) in [6, 6.07) is 7.60. The van der Waals surface area contributed by atoms with E-state index >= 15 is 0 Å². The Morgan fingerprint density at radius 3 is 2.78 bits per heavy atom. The van der Waals surface area contributed by atoms with E-state index in [0.29, 0.717) is 17.2 Å². The molecule has 1 aliphatic rings. The molecule has 3 heterocycles. The monoisotopic (exact) mass is 389 g/mol. The van der Waals surface area contributed by atoms with Gasteiger partial charge in [-0.3, -0.25) is 4.79 Å². The molecule has 27 heavy (non-hydrogen) atoms. The van der Waals surface area contributed by atoms with Crippen molar-refractivity contribution in [3.05, 3.63) is 42.0 Å². The first-order valence-electron chi connectivity index (χ1n) is 8.50. The van der Waals surface area contributed by atoms with Crippen LogP contribution < -0.4 is 10.6 Å². The second-order valence-electron chi connectivity index (χ2n) is 6.21. The minimum absolute atomic E-state index is 0. The van der Waals surface area contributed by atoms with Crippen LogP contribution in [0.2, 0.25) is 0 Å². The number of halogens is 1. The molecule has 1 saturated heterocycles. The number of anilines is 1. The van der Waals surface area contributed by atoms with Gasteiger partial charge in [-0.05, 0) is 61.5 Å². The lowest BCUT2D eigenvalue weighted by atomic mass is 10.1. The van der Waals surface area contributed by atoms with Gasteiger partial charge in [-0.25, -0.2) is 4.68 Å². The smallest absolute Gasteiger partial charge is 0.277 e. The third-order valence-corrected chi connectivity index (χ3v) is 4.40. The van der Waals surface area contributed by atoms with Gasteiger partial charge in [0.2, 0.25) is 0 Å². The van der Waals surface area contributed by atoms with E-state index in [0.717, 1.165) is 31.6 Å². The Balaban J connectivity index is 0.00000210. The molecule has 2 N–H and O–H groups in total. The van der Waals surface area contributed by atoms with E-state index < -0.39 is 0 Å². The summed E-state index contributed by atoms with van der Waals surface area (Å²) in [5.74, 6) is 0.370. The number of aromatic nitrogens is 7. The summed E-state index contributed by atoms with van der Waals surface area (Å²) in [5.41, 5.74) is 1.70. The minimum Gasteiger partial charge on any atom is -0.320 e. The maximum Gasteiger partial charge on any atom is 0.277 e. The molecule has 1 fully saturated rings. The fourth-order valence-corrected chi connectivity index (χ4v) is 3.01. The van der Waals surface area contributed by atoms with Crippen molar-refractivity contribution in [2.24, 2.45) is 0 Å². The maximum atomic E-state index is 12.5. The lowest BCUT2D eigenvalue weighted by molar-refractivity contribution is 0.102. The zero-order valence-corrected chi connectivity index (χ0v) is 15.6. The second-order valence-corrected chi connectivity index (χ2v) is 6.21. The quantitative estimate of drug-likeness (QED) is 0.687. The van der Waals surface area contributed by atoms with Gasteiger partial charge in [-0.1, -0.05) is 11.3 Å². The highest BCUT2D eigenvalue weighted by Crippen LogP contribution is 2.18. The summed E-state index contributed by atoms with van der Waals surface area (Å²) in [5, 5.41) is 25.7. The number of piperidine rings is 1. The molecule has 1 aliphatic heterocycles. The van der Waals surface area contributed by atoms with Crippen LogP contribution in [0.4, 0.5) is 5.69 Å². The molecular weight excluding hydrogens is 370 g/mol. The van der Waals surface area contributed by atoms with Crippen LogP contribution in [0.1, 0.15) is 35.2 Å². The van der Waals surface area contributed by atoms with Gasteiger partial charge in [0.1, 0.15) is 0 Å². The number of carbonyl (C=O) groups is 1. The van der Waals surface area contributed by atoms with Crippen LogP contribution >= 0.6 is 12.4 Å². The predicted octanol–water partition coefficient (Wildman–Crippen LogP) is 1.16. The summed E-state index contributed by atoms with van der Waals surface area (Å²) in [6.07, 6.45) is 3.68. The fraction of sp³-hybridized carbons (Fsp3) is 0.375. The van der Waals surface area contributed by atoms with Gasteiger partial charge >= 0.3 is 0 Å². The number of hydrogen-bond donors (Lipinski definition) is 2. The third-order valence-electron chi connectivity index (χ3n) is 4.40. The van der Waals surface area contributed by atoms with Crippen LogP contribution in [0, 0.1) is 6.92 Å². The summed E-state index contributed by atoms with van der Waals surface area (Å²) >= 11 is 0. The first-order valence-corrected chi connectivity index (χ1v) is 8.50. The normalized spacial score (nSPS) is 14.6. The number of nitrogens with one attached hydrogen (secondary N) is 2. The summed E-state index contributed by atoms with van der Waals surface area (Å²) in [6.45, 7) is 3.72. The van der Waals surface area contributed by atoms with E-state index in [9.17, 15) is 4.79 Å². The highest BCUT2D eigenvalue weighted by Gasteiger charge is 2.19. The summed E-state index contributed by atoms with van der Waals surface area (Å²) in [4.78, 5) is 12.5. The highest BCUT2D eigenvalue weighted by molar-refractivity contribution is 6.02. The van der Waals surface area contributed by atoms with Gasteiger partial charge < -0.3 is 10.6 Å². The predicted molar refractivity (Wildman–Crippen MR) is 100 cm³/mol. The molecule has 3 aromatic rings. The van der Waals surface area contributed by atoms with Crippen molar-refractivity contribution in [3.63, 3.8) is 0 Å². The van der Waals surface area contributed by atoms with Crippen molar-refractivity contribution in [2.45, 2.75) is 25.8 Å². The molecule has 0 atom stereocenters. The van der Waals surface area contributed by atoms with Gasteiger partial charge in [0, 0.05) is 5.69 Å². The Labute approximate surface area is 161 Å². The largest absolute Gasteiger partial charge is 0.320 e. The number of hydrogen-bond acceptors (Lipinski definition) is 7. The molecule has 142 valence electrons. The standard InChI is InChI=1S/C16H19N9O.ClH/c1-11-19-21-23-25(11)14-4-2-3-12(9-14)18-16(26)15-10-24(22-20-15)13-5-7-17-8-6-13;/h2-4,9-10,13,17H,5-8H2,1H3,(H,18,26);1H. The van der Waals surface area contributed by atoms with Gasteiger partial charge in [-0.2, -0.15) is 4.68 Å². The Hall–Kier alpha value is -2.85. The van der Waals surface area contributed by atoms with Gasteiger partial charge in [0.25, 0.3) is 5.91 Å². The number of tetrazole rings is 1. The van der Waals surface area contributed by atoms with Crippen LogP contribution in [0.25, 0.3) is 5.69 Å². The van der Waals surface area contributed by atoms with Crippen molar-refractivity contribution in [2.75, 3.05) is 18.4 Å². The van der Waals surface area contributed by atoms with E-state index in [1.165, 1.54) is 0 Å². The van der Waals surface area contributed by atoms with Crippen molar-refractivity contribution >= 4 is 24.0 Å². The van der Waals surface area contributed by atoms with Crippen LogP contribution in [0.3, 0.4) is 0 Å². The minimum atomic E-state index is -0.296. The Kier molecular flexibility index (Phi) is 5.77. The van der Waals surface area contributed by atoms with Crippen LogP contribution in [-0.4, -0.2) is 54.2 Å². The van der Waals surface area contributed by atoms with Crippen LogP contribution in [0.15, 0.2) is 30.5 Å². The number of rotatable bonds is 4. The van der Waals surface area contributed by atoms with Gasteiger partial charge in [-0.15, -0.1) is 22.6 Å². The molecule has 11 heteroatoms. The van der Waals surface area contributed by atoms with Gasteiger partial charge in [0.05, 0.1) is 17.9 Å².